The van der Waals surface area contributed by atoms with Gasteiger partial charge in [0.1, 0.15) is 6.61 Å². The second-order valence-electron chi connectivity index (χ2n) is 5.33. The lowest BCUT2D eigenvalue weighted by Crippen LogP contribution is -2.00. The average Bonchev–Trinajstić information content (AvgIpc) is 2.65. The third-order valence-electron chi connectivity index (χ3n) is 3.48. The van der Waals surface area contributed by atoms with Gasteiger partial charge in [0, 0.05) is 18.2 Å². The molecule has 2 aromatic carbocycles. The molecule has 0 fully saturated rings. The third kappa shape index (κ3) is 5.72. The Morgan fingerprint density at radius 3 is 2.56 bits per heavy atom. The zero-order valence-corrected chi connectivity index (χ0v) is 15.6. The number of esters is 1. The van der Waals surface area contributed by atoms with E-state index >= 15 is 0 Å². The van der Waals surface area contributed by atoms with Gasteiger partial charge in [-0.3, -0.25) is 10.1 Å². The summed E-state index contributed by atoms with van der Waals surface area (Å²) in [6, 6.07) is 9.32. The molecule has 0 atom stereocenters. The first-order valence-electron chi connectivity index (χ1n) is 8.03. The molecule has 0 unspecified atom stereocenters. The minimum Gasteiger partial charge on any atom is -0.493 e. The number of halogens is 1. The number of carbonyl (C=O) groups is 1. The highest BCUT2D eigenvalue weighted by molar-refractivity contribution is 6.32. The molecular weight excluding hydrogens is 374 g/mol. The van der Waals surface area contributed by atoms with Crippen molar-refractivity contribution in [1.29, 1.82) is 0 Å². The zero-order chi connectivity index (χ0) is 19.8. The number of benzene rings is 2. The van der Waals surface area contributed by atoms with Crippen LogP contribution < -0.4 is 9.47 Å². The van der Waals surface area contributed by atoms with E-state index in [1.807, 2.05) is 0 Å². The lowest BCUT2D eigenvalue weighted by Gasteiger charge is -2.13. The van der Waals surface area contributed by atoms with E-state index in [0.717, 1.165) is 5.56 Å². The van der Waals surface area contributed by atoms with Crippen molar-refractivity contribution in [2.24, 2.45) is 0 Å². The van der Waals surface area contributed by atoms with Gasteiger partial charge >= 0.3 is 5.97 Å². The number of ether oxygens (including phenoxy) is 3. The Balaban J connectivity index is 2.14. The minimum absolute atomic E-state index is 0.00658. The van der Waals surface area contributed by atoms with E-state index in [9.17, 15) is 14.9 Å². The Hall–Kier alpha value is -3.06. The van der Waals surface area contributed by atoms with Crippen LogP contribution in [0.3, 0.4) is 0 Å². The van der Waals surface area contributed by atoms with Crippen LogP contribution >= 0.6 is 11.6 Å². The van der Waals surface area contributed by atoms with E-state index < -0.39 is 10.9 Å². The molecule has 2 aromatic rings. The molecule has 0 bridgehead atoms. The van der Waals surface area contributed by atoms with Gasteiger partial charge in [0.25, 0.3) is 5.69 Å². The number of rotatable bonds is 8. The van der Waals surface area contributed by atoms with E-state index in [0.29, 0.717) is 28.7 Å². The fourth-order valence-corrected chi connectivity index (χ4v) is 2.47. The molecule has 0 spiro atoms. The smallest absolute Gasteiger partial charge is 0.330 e. The number of methoxy groups -OCH3 is 1. The number of hydrogen-bond acceptors (Lipinski definition) is 6. The first-order chi connectivity index (χ1) is 12.9. The maximum Gasteiger partial charge on any atom is 0.330 e. The van der Waals surface area contributed by atoms with E-state index in [-0.39, 0.29) is 12.3 Å². The van der Waals surface area contributed by atoms with Crippen molar-refractivity contribution in [1.82, 2.24) is 0 Å². The molecule has 0 aromatic heterocycles. The Bertz CT molecular complexity index is 848. The molecular formula is C19H18ClNO6. The van der Waals surface area contributed by atoms with E-state index in [2.05, 4.69) is 0 Å². The molecule has 0 heterocycles. The summed E-state index contributed by atoms with van der Waals surface area (Å²) >= 11 is 6.28. The average molecular weight is 392 g/mol. The van der Waals surface area contributed by atoms with Crippen molar-refractivity contribution in [3.8, 4) is 11.5 Å². The number of nitro benzene ring substituents is 1. The molecule has 27 heavy (non-hydrogen) atoms. The molecule has 142 valence electrons. The fourth-order valence-electron chi connectivity index (χ4n) is 2.20. The zero-order valence-electron chi connectivity index (χ0n) is 14.8. The van der Waals surface area contributed by atoms with Gasteiger partial charge in [-0.05, 0) is 48.4 Å². The van der Waals surface area contributed by atoms with Crippen molar-refractivity contribution >= 4 is 29.3 Å². The summed E-state index contributed by atoms with van der Waals surface area (Å²) in [6.07, 6.45) is 2.86. The molecule has 8 heteroatoms. The van der Waals surface area contributed by atoms with Gasteiger partial charge in [-0.1, -0.05) is 11.6 Å². The summed E-state index contributed by atoms with van der Waals surface area (Å²) in [5.41, 5.74) is 1.39. The lowest BCUT2D eigenvalue weighted by atomic mass is 10.2. The highest BCUT2D eigenvalue weighted by Crippen LogP contribution is 2.37. The van der Waals surface area contributed by atoms with Gasteiger partial charge in [-0.15, -0.1) is 0 Å². The SMILES string of the molecule is CCOC(=O)/C=C/c1cc(Cl)c(OCc2ccc([N+](=O)[O-])cc2)c(OC)c1. The number of carbonyl (C=O) groups excluding carboxylic acids is 1. The predicted octanol–water partition coefficient (Wildman–Crippen LogP) is 4.41. The Labute approximate surface area is 161 Å². The molecule has 0 aliphatic carbocycles. The van der Waals surface area contributed by atoms with Gasteiger partial charge < -0.3 is 14.2 Å². The van der Waals surface area contributed by atoms with Gasteiger partial charge in [0.15, 0.2) is 11.5 Å². The van der Waals surface area contributed by atoms with Crippen molar-refractivity contribution in [2.45, 2.75) is 13.5 Å². The van der Waals surface area contributed by atoms with Crippen LogP contribution in [0.25, 0.3) is 6.08 Å². The summed E-state index contributed by atoms with van der Waals surface area (Å²) in [4.78, 5) is 21.6. The Morgan fingerprint density at radius 2 is 1.96 bits per heavy atom. The van der Waals surface area contributed by atoms with Crippen LogP contribution in [-0.2, 0) is 16.1 Å². The van der Waals surface area contributed by atoms with Crippen molar-refractivity contribution < 1.29 is 23.9 Å². The summed E-state index contributed by atoms with van der Waals surface area (Å²) in [5, 5.41) is 11.0. The van der Waals surface area contributed by atoms with Crippen molar-refractivity contribution in [3.63, 3.8) is 0 Å². The Kier molecular flexibility index (Phi) is 7.19. The number of nitro groups is 1. The van der Waals surface area contributed by atoms with Gasteiger partial charge in [-0.2, -0.15) is 0 Å². The molecule has 0 amide bonds. The van der Waals surface area contributed by atoms with Crippen LogP contribution in [0, 0.1) is 10.1 Å². The molecule has 0 aliphatic heterocycles. The van der Waals surface area contributed by atoms with Crippen LogP contribution in [0.15, 0.2) is 42.5 Å². The lowest BCUT2D eigenvalue weighted by molar-refractivity contribution is -0.384. The van der Waals surface area contributed by atoms with Crippen LogP contribution in [0.4, 0.5) is 5.69 Å². The quantitative estimate of drug-likeness (QED) is 0.286. The Morgan fingerprint density at radius 1 is 1.26 bits per heavy atom. The normalized spacial score (nSPS) is 10.6. The largest absolute Gasteiger partial charge is 0.493 e. The number of nitrogens with zero attached hydrogens (tertiary/aromatic N) is 1. The predicted molar refractivity (Wildman–Crippen MR) is 101 cm³/mol. The fraction of sp³-hybridized carbons (Fsp3) is 0.211. The minimum atomic E-state index is -0.465. The molecule has 0 saturated heterocycles. The third-order valence-corrected chi connectivity index (χ3v) is 3.76. The van der Waals surface area contributed by atoms with E-state index in [1.165, 1.54) is 25.3 Å². The maximum absolute atomic E-state index is 11.4. The summed E-state index contributed by atoms with van der Waals surface area (Å²) < 4.78 is 15.9. The second-order valence-corrected chi connectivity index (χ2v) is 5.74. The topological polar surface area (TPSA) is 87.9 Å². The van der Waals surface area contributed by atoms with E-state index in [1.54, 1.807) is 37.3 Å². The first kappa shape index (κ1) is 20.3. The van der Waals surface area contributed by atoms with Crippen molar-refractivity contribution in [3.05, 3.63) is 68.7 Å². The highest BCUT2D eigenvalue weighted by atomic mass is 35.5. The summed E-state index contributed by atoms with van der Waals surface area (Å²) in [7, 11) is 1.48. The van der Waals surface area contributed by atoms with Crippen molar-refractivity contribution in [2.75, 3.05) is 13.7 Å². The standard InChI is InChI=1S/C19H18ClNO6/c1-3-26-18(22)9-6-14-10-16(20)19(17(11-14)25-2)27-12-13-4-7-15(8-5-13)21(23)24/h4-11H,3,12H2,1-2H3/b9-6+. The van der Waals surface area contributed by atoms with Gasteiger partial charge in [0.2, 0.25) is 0 Å². The van der Waals surface area contributed by atoms with E-state index in [4.69, 9.17) is 25.8 Å². The monoisotopic (exact) mass is 391 g/mol. The first-order valence-corrected chi connectivity index (χ1v) is 8.41. The van der Waals surface area contributed by atoms with Crippen LogP contribution in [0.5, 0.6) is 11.5 Å². The van der Waals surface area contributed by atoms with Gasteiger partial charge in [-0.25, -0.2) is 4.79 Å². The summed E-state index contributed by atoms with van der Waals surface area (Å²) in [6.45, 7) is 2.18. The van der Waals surface area contributed by atoms with Gasteiger partial charge in [0.05, 0.1) is 23.7 Å². The van der Waals surface area contributed by atoms with Crippen LogP contribution in [0.2, 0.25) is 5.02 Å². The van der Waals surface area contributed by atoms with Crippen LogP contribution in [-0.4, -0.2) is 24.6 Å². The highest BCUT2D eigenvalue weighted by Gasteiger charge is 2.12. The molecule has 2 rings (SSSR count). The molecule has 0 radical (unpaired) electrons. The van der Waals surface area contributed by atoms with Crippen LogP contribution in [0.1, 0.15) is 18.1 Å². The molecule has 0 aliphatic rings. The molecule has 0 saturated carbocycles. The number of non-ortho nitro benzene ring substituents is 1. The second kappa shape index (κ2) is 9.59. The summed E-state index contributed by atoms with van der Waals surface area (Å²) in [5.74, 6) is 0.282. The molecule has 7 nitrogen and oxygen atoms in total. The molecule has 0 N–H and O–H groups in total. The maximum atomic E-state index is 11.4. The number of hydrogen-bond donors (Lipinski definition) is 0.